The molecule has 2 amide bonds. The van der Waals surface area contributed by atoms with Crippen LogP contribution in [0.3, 0.4) is 0 Å². The molecule has 2 aromatic carbocycles. The lowest BCUT2D eigenvalue weighted by Crippen LogP contribution is -2.30. The van der Waals surface area contributed by atoms with E-state index in [-0.39, 0.29) is 11.8 Å². The van der Waals surface area contributed by atoms with E-state index in [9.17, 15) is 9.59 Å². The van der Waals surface area contributed by atoms with Gasteiger partial charge in [-0.25, -0.2) is 0 Å². The van der Waals surface area contributed by atoms with E-state index >= 15 is 0 Å². The van der Waals surface area contributed by atoms with Crippen LogP contribution in [0.2, 0.25) is 0 Å². The standard InChI is InChI=1S/C21H21N3O2/c1-4-10-24(14-18-7-5-6-17(11-18)13-22)21(26)19-9-8-15(2)20(12-19)23-16(3)25/h4-9,11-12H,1,10,14H2,2-3H3,(H,23,25). The van der Waals surface area contributed by atoms with Crippen molar-refractivity contribution in [1.29, 1.82) is 5.26 Å². The van der Waals surface area contributed by atoms with Crippen molar-refractivity contribution in [2.24, 2.45) is 0 Å². The second kappa shape index (κ2) is 8.63. The van der Waals surface area contributed by atoms with E-state index in [2.05, 4.69) is 18.0 Å². The van der Waals surface area contributed by atoms with Gasteiger partial charge in [0.25, 0.3) is 5.91 Å². The summed E-state index contributed by atoms with van der Waals surface area (Å²) in [7, 11) is 0. The first kappa shape index (κ1) is 18.9. The third-order valence-electron chi connectivity index (χ3n) is 3.86. The monoisotopic (exact) mass is 347 g/mol. The molecule has 0 spiro atoms. The Kier molecular flexibility index (Phi) is 6.29. The second-order valence-electron chi connectivity index (χ2n) is 6.00. The summed E-state index contributed by atoms with van der Waals surface area (Å²) in [6, 6.07) is 14.5. The minimum absolute atomic E-state index is 0.168. The third kappa shape index (κ3) is 4.81. The first-order valence-corrected chi connectivity index (χ1v) is 8.22. The summed E-state index contributed by atoms with van der Waals surface area (Å²) in [5.41, 5.74) is 3.41. The third-order valence-corrected chi connectivity index (χ3v) is 3.86. The second-order valence-corrected chi connectivity index (χ2v) is 6.00. The molecule has 26 heavy (non-hydrogen) atoms. The molecule has 0 radical (unpaired) electrons. The highest BCUT2D eigenvalue weighted by Crippen LogP contribution is 2.19. The molecule has 1 N–H and O–H groups in total. The molecule has 0 bridgehead atoms. The summed E-state index contributed by atoms with van der Waals surface area (Å²) >= 11 is 0. The summed E-state index contributed by atoms with van der Waals surface area (Å²) in [6.07, 6.45) is 1.66. The van der Waals surface area contributed by atoms with Gasteiger partial charge in [-0.1, -0.05) is 24.3 Å². The van der Waals surface area contributed by atoms with Gasteiger partial charge in [-0.05, 0) is 42.3 Å². The zero-order valence-electron chi connectivity index (χ0n) is 15.0. The number of carbonyl (C=O) groups is 2. The lowest BCUT2D eigenvalue weighted by atomic mass is 10.1. The number of hydrogen-bond donors (Lipinski definition) is 1. The van der Waals surface area contributed by atoms with Gasteiger partial charge in [-0.2, -0.15) is 5.26 Å². The molecule has 0 unspecified atom stereocenters. The molecule has 0 saturated heterocycles. The first-order valence-electron chi connectivity index (χ1n) is 8.22. The van der Waals surface area contributed by atoms with Crippen LogP contribution in [-0.4, -0.2) is 23.3 Å². The fourth-order valence-corrected chi connectivity index (χ4v) is 2.60. The number of nitrogens with one attached hydrogen (secondary N) is 1. The zero-order chi connectivity index (χ0) is 19.1. The molecule has 5 nitrogen and oxygen atoms in total. The van der Waals surface area contributed by atoms with Crippen LogP contribution in [0.5, 0.6) is 0 Å². The maximum Gasteiger partial charge on any atom is 0.254 e. The van der Waals surface area contributed by atoms with Crippen molar-refractivity contribution in [1.82, 2.24) is 4.90 Å². The molecule has 0 aliphatic heterocycles. The van der Waals surface area contributed by atoms with Crippen LogP contribution in [0.1, 0.15) is 34.0 Å². The molecule has 0 fully saturated rings. The van der Waals surface area contributed by atoms with Crippen LogP contribution in [0.25, 0.3) is 0 Å². The fraction of sp³-hybridized carbons (Fsp3) is 0.190. The van der Waals surface area contributed by atoms with Crippen LogP contribution in [0.4, 0.5) is 5.69 Å². The number of benzene rings is 2. The van der Waals surface area contributed by atoms with Gasteiger partial charge in [-0.3, -0.25) is 9.59 Å². The molecular formula is C21H21N3O2. The maximum atomic E-state index is 12.9. The van der Waals surface area contributed by atoms with Crippen molar-refractivity contribution in [2.75, 3.05) is 11.9 Å². The minimum atomic E-state index is -0.186. The average Bonchev–Trinajstić information content (AvgIpc) is 2.62. The van der Waals surface area contributed by atoms with E-state index in [4.69, 9.17) is 5.26 Å². The Balaban J connectivity index is 2.29. The van der Waals surface area contributed by atoms with E-state index in [0.717, 1.165) is 11.1 Å². The highest BCUT2D eigenvalue weighted by Gasteiger charge is 2.16. The Labute approximate surface area is 153 Å². The summed E-state index contributed by atoms with van der Waals surface area (Å²) in [4.78, 5) is 25.9. The predicted molar refractivity (Wildman–Crippen MR) is 102 cm³/mol. The Morgan fingerprint density at radius 2 is 2.04 bits per heavy atom. The highest BCUT2D eigenvalue weighted by atomic mass is 16.2. The molecule has 2 aromatic rings. The lowest BCUT2D eigenvalue weighted by Gasteiger charge is -2.22. The van der Waals surface area contributed by atoms with E-state index in [1.807, 2.05) is 13.0 Å². The number of hydrogen-bond acceptors (Lipinski definition) is 3. The van der Waals surface area contributed by atoms with Crippen LogP contribution in [0, 0.1) is 18.3 Å². The van der Waals surface area contributed by atoms with Gasteiger partial charge in [0.2, 0.25) is 5.91 Å². The molecule has 0 aliphatic rings. The summed E-state index contributed by atoms with van der Waals surface area (Å²) in [6.45, 7) is 7.76. The Morgan fingerprint density at radius 1 is 1.27 bits per heavy atom. The van der Waals surface area contributed by atoms with Gasteiger partial charge in [0, 0.05) is 31.3 Å². The molecule has 0 aliphatic carbocycles. The number of nitriles is 1. The summed E-state index contributed by atoms with van der Waals surface area (Å²) in [5, 5.41) is 11.8. The summed E-state index contributed by atoms with van der Waals surface area (Å²) < 4.78 is 0. The number of nitrogens with zero attached hydrogens (tertiary/aromatic N) is 2. The van der Waals surface area contributed by atoms with Crippen molar-refractivity contribution in [3.05, 3.63) is 77.4 Å². The number of carbonyl (C=O) groups excluding carboxylic acids is 2. The van der Waals surface area contributed by atoms with Crippen molar-refractivity contribution in [3.8, 4) is 6.07 Å². The number of rotatable bonds is 6. The largest absolute Gasteiger partial charge is 0.331 e. The molecule has 0 heterocycles. The summed E-state index contributed by atoms with van der Waals surface area (Å²) in [5.74, 6) is -0.354. The fourth-order valence-electron chi connectivity index (χ4n) is 2.60. The van der Waals surface area contributed by atoms with Crippen molar-refractivity contribution < 1.29 is 9.59 Å². The molecule has 0 atom stereocenters. The molecule has 132 valence electrons. The first-order chi connectivity index (χ1) is 12.4. The molecule has 5 heteroatoms. The van der Waals surface area contributed by atoms with Crippen LogP contribution in [0.15, 0.2) is 55.1 Å². The van der Waals surface area contributed by atoms with Gasteiger partial charge < -0.3 is 10.2 Å². The van der Waals surface area contributed by atoms with Crippen LogP contribution < -0.4 is 5.32 Å². The van der Waals surface area contributed by atoms with E-state index in [1.54, 1.807) is 47.4 Å². The van der Waals surface area contributed by atoms with Crippen molar-refractivity contribution >= 4 is 17.5 Å². The molecule has 0 saturated carbocycles. The minimum Gasteiger partial charge on any atom is -0.331 e. The van der Waals surface area contributed by atoms with E-state index < -0.39 is 0 Å². The van der Waals surface area contributed by atoms with Gasteiger partial charge >= 0.3 is 0 Å². The van der Waals surface area contributed by atoms with Crippen molar-refractivity contribution in [2.45, 2.75) is 20.4 Å². The van der Waals surface area contributed by atoms with Gasteiger partial charge in [-0.15, -0.1) is 6.58 Å². The highest BCUT2D eigenvalue weighted by molar-refractivity contribution is 5.97. The zero-order valence-corrected chi connectivity index (χ0v) is 15.0. The number of amides is 2. The SMILES string of the molecule is C=CCN(Cc1cccc(C#N)c1)C(=O)c1ccc(C)c(NC(C)=O)c1. The van der Waals surface area contributed by atoms with Crippen molar-refractivity contribution in [3.63, 3.8) is 0 Å². The number of anilines is 1. The van der Waals surface area contributed by atoms with Crippen LogP contribution >= 0.6 is 0 Å². The Morgan fingerprint density at radius 3 is 2.69 bits per heavy atom. The van der Waals surface area contributed by atoms with Gasteiger partial charge in [0.15, 0.2) is 0 Å². The van der Waals surface area contributed by atoms with Gasteiger partial charge in [0.05, 0.1) is 11.6 Å². The molecular weight excluding hydrogens is 326 g/mol. The smallest absolute Gasteiger partial charge is 0.254 e. The topological polar surface area (TPSA) is 73.2 Å². The average molecular weight is 347 g/mol. The lowest BCUT2D eigenvalue weighted by molar-refractivity contribution is -0.114. The van der Waals surface area contributed by atoms with E-state index in [0.29, 0.717) is 29.9 Å². The predicted octanol–water partition coefficient (Wildman–Crippen LogP) is 3.65. The quantitative estimate of drug-likeness (QED) is 0.811. The van der Waals surface area contributed by atoms with Crippen LogP contribution in [-0.2, 0) is 11.3 Å². The van der Waals surface area contributed by atoms with Gasteiger partial charge in [0.1, 0.15) is 0 Å². The van der Waals surface area contributed by atoms with E-state index in [1.165, 1.54) is 6.92 Å². The number of aryl methyl sites for hydroxylation is 1. The normalized spacial score (nSPS) is 9.88. The molecule has 2 rings (SSSR count). The molecule has 0 aromatic heterocycles. The Bertz CT molecular complexity index is 881. The Hall–Kier alpha value is -3.39. The maximum absolute atomic E-state index is 12.9.